The molecule has 0 bridgehead atoms. The monoisotopic (exact) mass is 285 g/mol. The lowest BCUT2D eigenvalue weighted by molar-refractivity contribution is -0.137. The normalized spacial score (nSPS) is 18.2. The van der Waals surface area contributed by atoms with Gasteiger partial charge in [0, 0.05) is 10.9 Å². The SMILES string of the molecule is O=C(O)CCC1COc2cc(Br)ccc2N1. The van der Waals surface area contributed by atoms with Gasteiger partial charge in [-0.3, -0.25) is 4.79 Å². The molecule has 0 saturated heterocycles. The molecular weight excluding hydrogens is 274 g/mol. The Hall–Kier alpha value is -1.23. The number of carbonyl (C=O) groups is 1. The van der Waals surface area contributed by atoms with Crippen molar-refractivity contribution in [2.24, 2.45) is 0 Å². The van der Waals surface area contributed by atoms with Crippen LogP contribution in [-0.4, -0.2) is 23.7 Å². The summed E-state index contributed by atoms with van der Waals surface area (Å²) in [4.78, 5) is 10.5. The van der Waals surface area contributed by atoms with Gasteiger partial charge in [-0.25, -0.2) is 0 Å². The molecule has 0 spiro atoms. The third kappa shape index (κ3) is 2.66. The number of ether oxygens (including phenoxy) is 1. The maximum atomic E-state index is 10.5. The molecular formula is C11H12BrNO3. The van der Waals surface area contributed by atoms with E-state index in [0.29, 0.717) is 13.0 Å². The summed E-state index contributed by atoms with van der Waals surface area (Å²) in [6.07, 6.45) is 0.734. The first-order chi connectivity index (χ1) is 7.65. The zero-order valence-corrected chi connectivity index (χ0v) is 10.2. The second-order valence-corrected chi connectivity index (χ2v) is 4.64. The van der Waals surface area contributed by atoms with Crippen LogP contribution >= 0.6 is 15.9 Å². The van der Waals surface area contributed by atoms with Crippen LogP contribution in [0.4, 0.5) is 5.69 Å². The van der Waals surface area contributed by atoms with Gasteiger partial charge in [-0.2, -0.15) is 0 Å². The van der Waals surface area contributed by atoms with Gasteiger partial charge in [0.1, 0.15) is 12.4 Å². The molecule has 0 radical (unpaired) electrons. The van der Waals surface area contributed by atoms with E-state index >= 15 is 0 Å². The van der Waals surface area contributed by atoms with Crippen LogP contribution in [0.5, 0.6) is 5.75 Å². The summed E-state index contributed by atoms with van der Waals surface area (Å²) in [7, 11) is 0. The summed E-state index contributed by atoms with van der Waals surface area (Å²) in [5, 5.41) is 11.9. The van der Waals surface area contributed by atoms with E-state index in [1.54, 1.807) is 0 Å². The molecule has 0 aliphatic carbocycles. The van der Waals surface area contributed by atoms with E-state index in [4.69, 9.17) is 9.84 Å². The standard InChI is InChI=1S/C11H12BrNO3/c12-7-1-3-9-10(5-7)16-6-8(13-9)2-4-11(14)15/h1,3,5,8,13H,2,4,6H2,(H,14,15). The largest absolute Gasteiger partial charge is 0.489 e. The highest BCUT2D eigenvalue weighted by Gasteiger charge is 2.19. The van der Waals surface area contributed by atoms with Gasteiger partial charge in [0.05, 0.1) is 11.7 Å². The molecule has 0 amide bonds. The van der Waals surface area contributed by atoms with Crippen molar-refractivity contribution in [3.63, 3.8) is 0 Å². The molecule has 5 heteroatoms. The topological polar surface area (TPSA) is 58.6 Å². The Labute approximate surface area is 102 Å². The minimum atomic E-state index is -0.775. The molecule has 1 aliphatic rings. The average Bonchev–Trinajstić information content (AvgIpc) is 2.26. The Balaban J connectivity index is 2.01. The number of aliphatic carboxylic acids is 1. The Morgan fingerprint density at radius 3 is 3.19 bits per heavy atom. The Kier molecular flexibility index (Phi) is 3.33. The molecule has 0 aromatic heterocycles. The number of fused-ring (bicyclic) bond motifs is 1. The summed E-state index contributed by atoms with van der Waals surface area (Å²) < 4.78 is 6.53. The van der Waals surface area contributed by atoms with E-state index in [-0.39, 0.29) is 12.5 Å². The number of nitrogens with one attached hydrogen (secondary N) is 1. The Morgan fingerprint density at radius 2 is 2.44 bits per heavy atom. The van der Waals surface area contributed by atoms with E-state index in [1.165, 1.54) is 0 Å². The highest BCUT2D eigenvalue weighted by Crippen LogP contribution is 2.32. The van der Waals surface area contributed by atoms with Crippen LogP contribution < -0.4 is 10.1 Å². The van der Waals surface area contributed by atoms with Gasteiger partial charge in [-0.05, 0) is 24.6 Å². The highest BCUT2D eigenvalue weighted by atomic mass is 79.9. The van der Waals surface area contributed by atoms with Crippen LogP contribution in [0.25, 0.3) is 0 Å². The lowest BCUT2D eigenvalue weighted by Gasteiger charge is -2.27. The zero-order valence-electron chi connectivity index (χ0n) is 8.57. The van der Waals surface area contributed by atoms with Crippen molar-refractivity contribution in [3.8, 4) is 5.75 Å². The van der Waals surface area contributed by atoms with E-state index in [0.717, 1.165) is 15.9 Å². The van der Waals surface area contributed by atoms with Crippen molar-refractivity contribution < 1.29 is 14.6 Å². The van der Waals surface area contributed by atoms with Crippen LogP contribution in [-0.2, 0) is 4.79 Å². The Morgan fingerprint density at radius 1 is 1.62 bits per heavy atom. The van der Waals surface area contributed by atoms with Crippen molar-refractivity contribution in [3.05, 3.63) is 22.7 Å². The van der Waals surface area contributed by atoms with Gasteiger partial charge in [0.25, 0.3) is 0 Å². The number of hydrogen-bond donors (Lipinski definition) is 2. The second-order valence-electron chi connectivity index (χ2n) is 3.73. The van der Waals surface area contributed by atoms with Crippen LogP contribution in [0.3, 0.4) is 0 Å². The first kappa shape index (κ1) is 11.3. The lowest BCUT2D eigenvalue weighted by atomic mass is 10.1. The van der Waals surface area contributed by atoms with Gasteiger partial charge < -0.3 is 15.2 Å². The zero-order chi connectivity index (χ0) is 11.5. The Bertz CT molecular complexity index is 408. The van der Waals surface area contributed by atoms with E-state index in [2.05, 4.69) is 21.2 Å². The minimum Gasteiger partial charge on any atom is -0.489 e. The van der Waals surface area contributed by atoms with Gasteiger partial charge in [-0.15, -0.1) is 0 Å². The first-order valence-corrected chi connectivity index (χ1v) is 5.85. The third-order valence-corrected chi connectivity index (χ3v) is 2.94. The molecule has 1 unspecified atom stereocenters. The van der Waals surface area contributed by atoms with Crippen LogP contribution in [0.2, 0.25) is 0 Å². The molecule has 16 heavy (non-hydrogen) atoms. The summed E-state index contributed by atoms with van der Waals surface area (Å²) in [6.45, 7) is 0.511. The van der Waals surface area contributed by atoms with E-state index in [1.807, 2.05) is 18.2 Å². The van der Waals surface area contributed by atoms with Gasteiger partial charge in [0.15, 0.2) is 0 Å². The van der Waals surface area contributed by atoms with Crippen molar-refractivity contribution in [2.75, 3.05) is 11.9 Å². The van der Waals surface area contributed by atoms with E-state index in [9.17, 15) is 4.79 Å². The number of rotatable bonds is 3. The fourth-order valence-corrected chi connectivity index (χ4v) is 1.98. The molecule has 2 rings (SSSR count). The molecule has 1 aromatic rings. The van der Waals surface area contributed by atoms with Gasteiger partial charge in [-0.1, -0.05) is 15.9 Å². The predicted octanol–water partition coefficient (Wildman–Crippen LogP) is 2.49. The van der Waals surface area contributed by atoms with Crippen molar-refractivity contribution in [2.45, 2.75) is 18.9 Å². The fourth-order valence-electron chi connectivity index (χ4n) is 1.64. The van der Waals surface area contributed by atoms with Crippen LogP contribution in [0, 0.1) is 0 Å². The van der Waals surface area contributed by atoms with Crippen molar-refractivity contribution >= 4 is 27.6 Å². The lowest BCUT2D eigenvalue weighted by Crippen LogP contribution is -2.31. The molecule has 0 saturated carbocycles. The molecule has 0 fully saturated rings. The third-order valence-electron chi connectivity index (χ3n) is 2.45. The maximum absolute atomic E-state index is 10.5. The van der Waals surface area contributed by atoms with Crippen molar-refractivity contribution in [1.29, 1.82) is 0 Å². The number of anilines is 1. The maximum Gasteiger partial charge on any atom is 0.303 e. The van der Waals surface area contributed by atoms with Gasteiger partial charge in [0.2, 0.25) is 0 Å². The van der Waals surface area contributed by atoms with Crippen molar-refractivity contribution in [1.82, 2.24) is 0 Å². The molecule has 1 heterocycles. The molecule has 2 N–H and O–H groups in total. The number of halogens is 1. The fraction of sp³-hybridized carbons (Fsp3) is 0.364. The molecule has 1 aromatic carbocycles. The first-order valence-electron chi connectivity index (χ1n) is 5.06. The quantitative estimate of drug-likeness (QED) is 0.896. The molecule has 1 aliphatic heterocycles. The summed E-state index contributed by atoms with van der Waals surface area (Å²) >= 11 is 3.37. The number of hydrogen-bond acceptors (Lipinski definition) is 3. The molecule has 4 nitrogen and oxygen atoms in total. The van der Waals surface area contributed by atoms with Crippen LogP contribution in [0.1, 0.15) is 12.8 Å². The number of carboxylic acid groups (broad SMARTS) is 1. The minimum absolute atomic E-state index is 0.0739. The predicted molar refractivity (Wildman–Crippen MR) is 63.9 cm³/mol. The van der Waals surface area contributed by atoms with Gasteiger partial charge >= 0.3 is 5.97 Å². The smallest absolute Gasteiger partial charge is 0.303 e. The summed E-state index contributed by atoms with van der Waals surface area (Å²) in [5.74, 6) is 0.0318. The summed E-state index contributed by atoms with van der Waals surface area (Å²) in [5.41, 5.74) is 0.921. The molecule has 86 valence electrons. The number of benzene rings is 1. The second kappa shape index (κ2) is 4.74. The highest BCUT2D eigenvalue weighted by molar-refractivity contribution is 9.10. The average molecular weight is 286 g/mol. The molecule has 1 atom stereocenters. The van der Waals surface area contributed by atoms with E-state index < -0.39 is 5.97 Å². The number of carboxylic acids is 1. The van der Waals surface area contributed by atoms with Crippen LogP contribution in [0.15, 0.2) is 22.7 Å². The summed E-state index contributed by atoms with van der Waals surface area (Å²) in [6, 6.07) is 5.82.